The van der Waals surface area contributed by atoms with E-state index >= 15 is 0 Å². The van der Waals surface area contributed by atoms with Crippen LogP contribution in [0.3, 0.4) is 0 Å². The molecule has 0 aliphatic carbocycles. The van der Waals surface area contributed by atoms with Gasteiger partial charge in [0.15, 0.2) is 0 Å². The highest BCUT2D eigenvalue weighted by Crippen LogP contribution is 2.18. The van der Waals surface area contributed by atoms with Crippen molar-refractivity contribution in [2.75, 3.05) is 5.32 Å². The van der Waals surface area contributed by atoms with Gasteiger partial charge in [-0.1, -0.05) is 12.1 Å². The van der Waals surface area contributed by atoms with E-state index in [1.807, 2.05) is 24.4 Å². The van der Waals surface area contributed by atoms with Crippen LogP contribution in [0.1, 0.15) is 23.1 Å². The lowest BCUT2D eigenvalue weighted by Gasteiger charge is -2.10. The third-order valence-corrected chi connectivity index (χ3v) is 3.83. The van der Waals surface area contributed by atoms with E-state index in [9.17, 15) is 4.79 Å². The number of hydrogen-bond acceptors (Lipinski definition) is 2. The molecule has 0 saturated heterocycles. The Balaban J connectivity index is 1.93. The second-order valence-corrected chi connectivity index (χ2v) is 5.21. The van der Waals surface area contributed by atoms with Gasteiger partial charge in [-0.3, -0.25) is 4.79 Å². The highest BCUT2D eigenvalue weighted by Gasteiger charge is 2.06. The molecule has 0 spiro atoms. The molecule has 0 radical (unpaired) electrons. The fourth-order valence-corrected chi connectivity index (χ4v) is 2.50. The summed E-state index contributed by atoms with van der Waals surface area (Å²) in [6, 6.07) is 8.04. The van der Waals surface area contributed by atoms with Crippen molar-refractivity contribution in [3.05, 3.63) is 51.7 Å². The maximum Gasteiger partial charge on any atom is 0.224 e. The fourth-order valence-electron chi connectivity index (χ4n) is 1.79. The van der Waals surface area contributed by atoms with Crippen LogP contribution in [0.25, 0.3) is 0 Å². The summed E-state index contributed by atoms with van der Waals surface area (Å²) in [5, 5.41) is 7.11. The normalized spacial score (nSPS) is 10.3. The van der Waals surface area contributed by atoms with Crippen LogP contribution in [-0.4, -0.2) is 5.91 Å². The zero-order valence-corrected chi connectivity index (χ0v) is 11.5. The topological polar surface area (TPSA) is 29.1 Å². The number of aryl methyl sites for hydroxylation is 2. The fraction of sp³-hybridized carbons (Fsp3) is 0.267. The molecular formula is C15H17NOS. The number of rotatable bonds is 4. The summed E-state index contributed by atoms with van der Waals surface area (Å²) >= 11 is 1.67. The number of carbonyl (C=O) groups is 1. The summed E-state index contributed by atoms with van der Waals surface area (Å²) in [5.74, 6) is 0.0786. The van der Waals surface area contributed by atoms with Crippen LogP contribution >= 0.6 is 11.3 Å². The van der Waals surface area contributed by atoms with Gasteiger partial charge in [-0.05, 0) is 59.9 Å². The van der Waals surface area contributed by atoms with E-state index in [0.717, 1.165) is 17.7 Å². The maximum atomic E-state index is 11.9. The molecule has 2 aromatic rings. The van der Waals surface area contributed by atoms with Crippen molar-refractivity contribution in [3.63, 3.8) is 0 Å². The Hall–Kier alpha value is -1.61. The lowest BCUT2D eigenvalue weighted by atomic mass is 10.1. The van der Waals surface area contributed by atoms with E-state index < -0.39 is 0 Å². The molecular weight excluding hydrogens is 242 g/mol. The molecule has 18 heavy (non-hydrogen) atoms. The molecule has 3 heteroatoms. The Labute approximate surface area is 112 Å². The van der Waals surface area contributed by atoms with Gasteiger partial charge >= 0.3 is 0 Å². The minimum Gasteiger partial charge on any atom is -0.326 e. The number of nitrogens with one attached hydrogen (secondary N) is 1. The molecule has 1 N–H and O–H groups in total. The van der Waals surface area contributed by atoms with Gasteiger partial charge in [0.25, 0.3) is 0 Å². The average molecular weight is 259 g/mol. The zero-order valence-electron chi connectivity index (χ0n) is 10.7. The molecule has 1 heterocycles. The maximum absolute atomic E-state index is 11.9. The first kappa shape index (κ1) is 12.8. The standard InChI is InChI=1S/C15H17NOS/c1-11-4-3-5-14(12(11)2)16-15(17)7-6-13-8-9-18-10-13/h3-5,8-10H,6-7H2,1-2H3,(H,16,17). The SMILES string of the molecule is Cc1cccc(NC(=O)CCc2ccsc2)c1C. The largest absolute Gasteiger partial charge is 0.326 e. The summed E-state index contributed by atoms with van der Waals surface area (Å²) < 4.78 is 0. The van der Waals surface area contributed by atoms with Gasteiger partial charge in [-0.15, -0.1) is 0 Å². The molecule has 1 aromatic heterocycles. The van der Waals surface area contributed by atoms with Gasteiger partial charge in [0.2, 0.25) is 5.91 Å². The summed E-state index contributed by atoms with van der Waals surface area (Å²) in [6.45, 7) is 4.08. The quantitative estimate of drug-likeness (QED) is 0.885. The lowest BCUT2D eigenvalue weighted by molar-refractivity contribution is -0.116. The number of anilines is 1. The average Bonchev–Trinajstić information content (AvgIpc) is 2.86. The van der Waals surface area contributed by atoms with Crippen LogP contribution in [0.2, 0.25) is 0 Å². The monoisotopic (exact) mass is 259 g/mol. The van der Waals surface area contributed by atoms with E-state index in [1.54, 1.807) is 11.3 Å². The summed E-state index contributed by atoms with van der Waals surface area (Å²) in [6.07, 6.45) is 1.34. The van der Waals surface area contributed by atoms with Gasteiger partial charge in [0.1, 0.15) is 0 Å². The van der Waals surface area contributed by atoms with Crippen LogP contribution in [0, 0.1) is 13.8 Å². The first-order chi connectivity index (χ1) is 8.66. The zero-order chi connectivity index (χ0) is 13.0. The minimum absolute atomic E-state index is 0.0786. The number of benzene rings is 1. The Morgan fingerprint density at radius 1 is 1.28 bits per heavy atom. The van der Waals surface area contributed by atoms with Gasteiger partial charge in [0.05, 0.1) is 0 Å². The van der Waals surface area contributed by atoms with Crippen LogP contribution in [0.5, 0.6) is 0 Å². The molecule has 1 amide bonds. The second kappa shape index (κ2) is 5.83. The smallest absolute Gasteiger partial charge is 0.224 e. The van der Waals surface area contributed by atoms with E-state index in [-0.39, 0.29) is 5.91 Å². The van der Waals surface area contributed by atoms with Gasteiger partial charge in [0, 0.05) is 12.1 Å². The molecule has 1 aromatic carbocycles. The van der Waals surface area contributed by atoms with Crippen molar-refractivity contribution in [3.8, 4) is 0 Å². The van der Waals surface area contributed by atoms with Crippen molar-refractivity contribution in [1.82, 2.24) is 0 Å². The van der Waals surface area contributed by atoms with E-state index in [1.165, 1.54) is 11.1 Å². The van der Waals surface area contributed by atoms with E-state index in [0.29, 0.717) is 6.42 Å². The lowest BCUT2D eigenvalue weighted by Crippen LogP contribution is -2.13. The third kappa shape index (κ3) is 3.20. The highest BCUT2D eigenvalue weighted by molar-refractivity contribution is 7.07. The first-order valence-corrected chi connectivity index (χ1v) is 6.98. The van der Waals surface area contributed by atoms with E-state index in [4.69, 9.17) is 0 Å². The molecule has 0 unspecified atom stereocenters. The van der Waals surface area contributed by atoms with Gasteiger partial charge < -0.3 is 5.32 Å². The Morgan fingerprint density at radius 2 is 2.11 bits per heavy atom. The van der Waals surface area contributed by atoms with Crippen molar-refractivity contribution in [2.45, 2.75) is 26.7 Å². The molecule has 0 fully saturated rings. The predicted octanol–water partition coefficient (Wildman–Crippen LogP) is 3.94. The second-order valence-electron chi connectivity index (χ2n) is 4.43. The highest BCUT2D eigenvalue weighted by atomic mass is 32.1. The molecule has 2 nitrogen and oxygen atoms in total. The van der Waals surface area contributed by atoms with E-state index in [2.05, 4.69) is 29.8 Å². The Morgan fingerprint density at radius 3 is 2.83 bits per heavy atom. The molecule has 0 aliphatic heterocycles. The molecule has 0 atom stereocenters. The Bertz CT molecular complexity index is 531. The minimum atomic E-state index is 0.0786. The van der Waals surface area contributed by atoms with Crippen LogP contribution in [0.15, 0.2) is 35.0 Å². The van der Waals surface area contributed by atoms with Crippen molar-refractivity contribution in [2.24, 2.45) is 0 Å². The van der Waals surface area contributed by atoms with Gasteiger partial charge in [-0.25, -0.2) is 0 Å². The van der Waals surface area contributed by atoms with Crippen LogP contribution in [0.4, 0.5) is 5.69 Å². The molecule has 0 aliphatic rings. The number of carbonyl (C=O) groups excluding carboxylic acids is 1. The summed E-state index contributed by atoms with van der Waals surface area (Å²) in [5.41, 5.74) is 4.49. The van der Waals surface area contributed by atoms with Crippen molar-refractivity contribution >= 4 is 22.9 Å². The number of thiophene rings is 1. The first-order valence-electron chi connectivity index (χ1n) is 6.04. The summed E-state index contributed by atoms with van der Waals surface area (Å²) in [7, 11) is 0. The molecule has 0 bridgehead atoms. The van der Waals surface area contributed by atoms with Crippen molar-refractivity contribution in [1.29, 1.82) is 0 Å². The van der Waals surface area contributed by atoms with Crippen LogP contribution in [-0.2, 0) is 11.2 Å². The predicted molar refractivity (Wildman–Crippen MR) is 77.2 cm³/mol. The molecule has 0 saturated carbocycles. The molecule has 2 rings (SSSR count). The molecule has 94 valence electrons. The number of hydrogen-bond donors (Lipinski definition) is 1. The number of amides is 1. The summed E-state index contributed by atoms with van der Waals surface area (Å²) in [4.78, 5) is 11.9. The Kier molecular flexibility index (Phi) is 4.15. The van der Waals surface area contributed by atoms with Crippen LogP contribution < -0.4 is 5.32 Å². The van der Waals surface area contributed by atoms with Gasteiger partial charge in [-0.2, -0.15) is 11.3 Å². The third-order valence-electron chi connectivity index (χ3n) is 3.10. The van der Waals surface area contributed by atoms with Crippen molar-refractivity contribution < 1.29 is 4.79 Å².